The molecule has 0 aliphatic heterocycles. The Hall–Kier alpha value is -1.01. The molecule has 0 atom stereocenters. The summed E-state index contributed by atoms with van der Waals surface area (Å²) in [6, 6.07) is 0. The van der Waals surface area contributed by atoms with E-state index in [1.807, 2.05) is 16.2 Å². The molecule has 180 valence electrons. The molecular weight excluding hydrogens is 458 g/mol. The van der Waals surface area contributed by atoms with Gasteiger partial charge in [-0.2, -0.15) is 15.8 Å². The van der Waals surface area contributed by atoms with Crippen molar-refractivity contribution in [2.45, 2.75) is 96.8 Å². The van der Waals surface area contributed by atoms with Crippen molar-refractivity contribution in [3.63, 3.8) is 0 Å². The van der Waals surface area contributed by atoms with Crippen LogP contribution in [0.15, 0.2) is 0 Å². The van der Waals surface area contributed by atoms with Crippen LogP contribution in [0.2, 0.25) is 0 Å². The molecule has 32 heavy (non-hydrogen) atoms. The second-order valence-electron chi connectivity index (χ2n) is 8.29. The van der Waals surface area contributed by atoms with Crippen LogP contribution in [0, 0.1) is 37.4 Å². The lowest BCUT2D eigenvalue weighted by Crippen LogP contribution is -2.36. The average Bonchev–Trinajstić information content (AvgIpc) is 2.81. The van der Waals surface area contributed by atoms with E-state index < -0.39 is 5.41 Å². The van der Waals surface area contributed by atoms with Crippen molar-refractivity contribution in [2.24, 2.45) is 5.41 Å². The van der Waals surface area contributed by atoms with Crippen molar-refractivity contribution in [1.29, 1.82) is 15.8 Å². The molecule has 0 bridgehead atoms. The van der Waals surface area contributed by atoms with Gasteiger partial charge in [0.1, 0.15) is 16.2 Å². The molecule has 0 spiro atoms. The van der Waals surface area contributed by atoms with Crippen molar-refractivity contribution in [2.75, 3.05) is 23.9 Å². The first-order valence-corrected chi connectivity index (χ1v) is 14.8. The Bertz CT molecular complexity index is 551. The van der Waals surface area contributed by atoms with Gasteiger partial charge in [0.2, 0.25) is 0 Å². The Morgan fingerprint density at radius 1 is 0.688 bits per heavy atom. The Balaban J connectivity index is 3.95. The van der Waals surface area contributed by atoms with Crippen LogP contribution in [0.4, 0.5) is 0 Å². The summed E-state index contributed by atoms with van der Waals surface area (Å²) < 4.78 is 5.50. The van der Waals surface area contributed by atoms with E-state index >= 15 is 0 Å². The molecular formula is C24H39N3O2S3. The summed E-state index contributed by atoms with van der Waals surface area (Å²) in [6.07, 6.45) is 16.8. The van der Waals surface area contributed by atoms with Crippen LogP contribution < -0.4 is 0 Å². The van der Waals surface area contributed by atoms with E-state index in [0.29, 0.717) is 23.7 Å². The lowest BCUT2D eigenvalue weighted by Gasteiger charge is -2.29. The highest BCUT2D eigenvalue weighted by molar-refractivity contribution is 8.05. The predicted molar refractivity (Wildman–Crippen MR) is 138 cm³/mol. The fraction of sp³-hybridized carbons (Fsp3) is 0.833. The van der Waals surface area contributed by atoms with Crippen LogP contribution >= 0.6 is 35.3 Å². The summed E-state index contributed by atoms with van der Waals surface area (Å²) in [7, 11) is 0. The standard InChI is InChI=1S/C24H39N3O2S3/c1-2-3-4-5-6-7-8-9-10-11-12-13-14-15-23(28)29-16-24(17-30-20-25,18-31-21-26)19-32-22-27/h2-19H2,1H3. The van der Waals surface area contributed by atoms with Gasteiger partial charge in [0.25, 0.3) is 0 Å². The number of thiocyanates is 3. The van der Waals surface area contributed by atoms with Gasteiger partial charge in [-0.25, -0.2) is 0 Å². The largest absolute Gasteiger partial charge is 0.465 e. The number of carbonyl (C=O) groups excluding carboxylic acids is 1. The third-order valence-corrected chi connectivity index (χ3v) is 8.01. The number of rotatable bonds is 22. The second kappa shape index (κ2) is 23.2. The van der Waals surface area contributed by atoms with E-state index in [0.717, 1.165) is 54.5 Å². The summed E-state index contributed by atoms with van der Waals surface area (Å²) in [4.78, 5) is 12.2. The molecule has 0 N–H and O–H groups in total. The zero-order valence-corrected chi connectivity index (χ0v) is 22.1. The minimum Gasteiger partial charge on any atom is -0.465 e. The van der Waals surface area contributed by atoms with E-state index in [9.17, 15) is 4.79 Å². The fourth-order valence-electron chi connectivity index (χ4n) is 3.40. The molecule has 0 saturated heterocycles. The number of nitrogens with zero attached hydrogens (tertiary/aromatic N) is 3. The van der Waals surface area contributed by atoms with Gasteiger partial charge in [-0.3, -0.25) is 4.79 Å². The lowest BCUT2D eigenvalue weighted by molar-refractivity contribution is -0.146. The number of unbranched alkanes of at least 4 members (excludes halogenated alkanes) is 12. The van der Waals surface area contributed by atoms with Crippen LogP contribution in [0.3, 0.4) is 0 Å². The summed E-state index contributed by atoms with van der Waals surface area (Å²) in [5, 5.41) is 32.8. The molecule has 5 nitrogen and oxygen atoms in total. The summed E-state index contributed by atoms with van der Waals surface area (Å²) >= 11 is 3.22. The zero-order valence-electron chi connectivity index (χ0n) is 19.6. The van der Waals surface area contributed by atoms with E-state index in [-0.39, 0.29) is 12.6 Å². The highest BCUT2D eigenvalue weighted by atomic mass is 32.2. The molecule has 0 aliphatic rings. The first kappa shape index (κ1) is 31.0. The highest BCUT2D eigenvalue weighted by Crippen LogP contribution is 2.32. The molecule has 0 heterocycles. The monoisotopic (exact) mass is 497 g/mol. The van der Waals surface area contributed by atoms with Crippen molar-refractivity contribution < 1.29 is 9.53 Å². The maximum Gasteiger partial charge on any atom is 0.305 e. The molecule has 0 aliphatic carbocycles. The quantitative estimate of drug-likeness (QED) is 0.0854. The first-order chi connectivity index (χ1) is 15.6. The van der Waals surface area contributed by atoms with Crippen LogP contribution in [0.5, 0.6) is 0 Å². The Labute approximate surface area is 208 Å². The smallest absolute Gasteiger partial charge is 0.305 e. The predicted octanol–water partition coefficient (Wildman–Crippen LogP) is 7.64. The zero-order chi connectivity index (χ0) is 23.8. The van der Waals surface area contributed by atoms with E-state index in [1.54, 1.807) is 0 Å². The topological polar surface area (TPSA) is 97.7 Å². The molecule has 0 aromatic rings. The van der Waals surface area contributed by atoms with Crippen LogP contribution in [0.25, 0.3) is 0 Å². The first-order valence-electron chi connectivity index (χ1n) is 11.8. The molecule has 0 amide bonds. The maximum atomic E-state index is 12.2. The molecule has 0 aromatic heterocycles. The number of carbonyl (C=O) groups is 1. The maximum absolute atomic E-state index is 12.2. The van der Waals surface area contributed by atoms with Crippen molar-refractivity contribution in [3.8, 4) is 16.2 Å². The number of hydrogen-bond donors (Lipinski definition) is 0. The van der Waals surface area contributed by atoms with Gasteiger partial charge < -0.3 is 4.74 Å². The second-order valence-corrected chi connectivity index (χ2v) is 10.6. The highest BCUT2D eigenvalue weighted by Gasteiger charge is 2.33. The number of ether oxygens (including phenoxy) is 1. The van der Waals surface area contributed by atoms with Gasteiger partial charge in [0, 0.05) is 29.1 Å². The van der Waals surface area contributed by atoms with Gasteiger partial charge >= 0.3 is 5.97 Å². The Kier molecular flexibility index (Phi) is 22.4. The van der Waals surface area contributed by atoms with Gasteiger partial charge in [-0.15, -0.1) is 0 Å². The summed E-state index contributed by atoms with van der Waals surface area (Å²) in [5.74, 6) is 1.06. The Morgan fingerprint density at radius 3 is 1.44 bits per heavy atom. The molecule has 0 rings (SSSR count). The summed E-state index contributed by atoms with van der Waals surface area (Å²) in [6.45, 7) is 2.39. The van der Waals surface area contributed by atoms with Gasteiger partial charge in [-0.1, -0.05) is 84.0 Å². The van der Waals surface area contributed by atoms with Crippen molar-refractivity contribution in [3.05, 3.63) is 0 Å². The number of esters is 1. The van der Waals surface area contributed by atoms with Crippen LogP contribution in [-0.2, 0) is 9.53 Å². The fourth-order valence-corrected chi connectivity index (χ4v) is 5.76. The minimum atomic E-state index is -0.549. The average molecular weight is 498 g/mol. The molecule has 0 fully saturated rings. The van der Waals surface area contributed by atoms with E-state index in [2.05, 4.69) is 6.92 Å². The van der Waals surface area contributed by atoms with Gasteiger partial charge in [-0.05, 0) is 41.7 Å². The number of hydrogen-bond acceptors (Lipinski definition) is 8. The van der Waals surface area contributed by atoms with Crippen LogP contribution in [0.1, 0.15) is 96.8 Å². The molecule has 0 aromatic carbocycles. The minimum absolute atomic E-state index is 0.141. The van der Waals surface area contributed by atoms with Crippen molar-refractivity contribution in [1.82, 2.24) is 0 Å². The van der Waals surface area contributed by atoms with Crippen molar-refractivity contribution >= 4 is 41.3 Å². The number of nitriles is 3. The molecule has 8 heteroatoms. The van der Waals surface area contributed by atoms with E-state index in [4.69, 9.17) is 20.5 Å². The molecule has 0 radical (unpaired) electrons. The summed E-state index contributed by atoms with van der Waals surface area (Å²) in [5.41, 5.74) is -0.549. The van der Waals surface area contributed by atoms with E-state index in [1.165, 1.54) is 64.2 Å². The van der Waals surface area contributed by atoms with Gasteiger partial charge in [0.05, 0.1) is 6.61 Å². The normalized spacial score (nSPS) is 10.8. The number of thioether (sulfide) groups is 3. The lowest BCUT2D eigenvalue weighted by atomic mass is 9.97. The molecule has 0 saturated carbocycles. The van der Waals surface area contributed by atoms with Gasteiger partial charge in [0.15, 0.2) is 0 Å². The Morgan fingerprint density at radius 2 is 1.06 bits per heavy atom. The third-order valence-electron chi connectivity index (χ3n) is 5.35. The van der Waals surface area contributed by atoms with Crippen LogP contribution in [-0.4, -0.2) is 29.8 Å². The third kappa shape index (κ3) is 18.6. The SMILES string of the molecule is CCCCCCCCCCCCCCCC(=O)OCC(CSC#N)(CSC#N)CSC#N. The molecule has 0 unspecified atom stereocenters.